The van der Waals surface area contributed by atoms with Gasteiger partial charge in [-0.1, -0.05) is 46.7 Å². The third-order valence-electron chi connectivity index (χ3n) is 4.55. The highest BCUT2D eigenvalue weighted by Crippen LogP contribution is 2.37. The predicted molar refractivity (Wildman–Crippen MR) is 112 cm³/mol. The number of hydrogen-bond acceptors (Lipinski definition) is 4. The van der Waals surface area contributed by atoms with E-state index in [1.54, 1.807) is 9.58 Å². The summed E-state index contributed by atoms with van der Waals surface area (Å²) in [6.07, 6.45) is -0.547. The fourth-order valence-corrected chi connectivity index (χ4v) is 4.30. The lowest BCUT2D eigenvalue weighted by atomic mass is 10.0. The smallest absolute Gasteiger partial charge is 0.291 e. The van der Waals surface area contributed by atoms with Gasteiger partial charge in [-0.3, -0.25) is 14.6 Å². The summed E-state index contributed by atoms with van der Waals surface area (Å²) in [5.74, 6) is 0.656. The van der Waals surface area contributed by atoms with E-state index in [9.17, 15) is 9.59 Å². The zero-order valence-corrected chi connectivity index (χ0v) is 17.8. The Morgan fingerprint density at radius 1 is 1.25 bits per heavy atom. The Morgan fingerprint density at radius 2 is 1.96 bits per heavy atom. The second-order valence-electron chi connectivity index (χ2n) is 6.32. The average Bonchev–Trinajstić information content (AvgIpc) is 2.67. The Morgan fingerprint density at radius 3 is 2.64 bits per heavy atom. The molecule has 0 saturated heterocycles. The van der Waals surface area contributed by atoms with Crippen LogP contribution in [0.1, 0.15) is 25.6 Å². The van der Waals surface area contributed by atoms with E-state index in [0.717, 1.165) is 15.8 Å². The van der Waals surface area contributed by atoms with Crippen LogP contribution in [0.15, 0.2) is 63.0 Å². The normalized spacial score (nSPS) is 15.1. The van der Waals surface area contributed by atoms with Crippen LogP contribution < -0.4 is 15.1 Å². The van der Waals surface area contributed by atoms with Gasteiger partial charge in [0.2, 0.25) is 11.1 Å². The summed E-state index contributed by atoms with van der Waals surface area (Å²) in [5.41, 5.74) is 2.48. The van der Waals surface area contributed by atoms with E-state index in [1.165, 1.54) is 18.7 Å². The van der Waals surface area contributed by atoms with Crippen LogP contribution in [0.2, 0.25) is 0 Å². The molecule has 0 spiro atoms. The van der Waals surface area contributed by atoms with Crippen molar-refractivity contribution in [3.63, 3.8) is 0 Å². The molecule has 1 amide bonds. The average molecular weight is 458 g/mol. The predicted octanol–water partition coefficient (Wildman–Crippen LogP) is 3.51. The Bertz CT molecular complexity index is 1110. The number of nitrogens with one attached hydrogen (secondary N) is 1. The maximum Gasteiger partial charge on any atom is 0.325 e. The molecule has 1 aliphatic rings. The lowest BCUT2D eigenvalue weighted by Gasteiger charge is -2.31. The number of hydrogen-bond donors (Lipinski definition) is 1. The van der Waals surface area contributed by atoms with Crippen LogP contribution in [-0.2, 0) is 4.79 Å². The minimum atomic E-state index is -0.547. The lowest BCUT2D eigenvalue weighted by molar-refractivity contribution is -0.763. The molecule has 1 unspecified atom stereocenters. The van der Waals surface area contributed by atoms with E-state index in [2.05, 4.69) is 20.9 Å². The molecule has 1 aromatic heterocycles. The van der Waals surface area contributed by atoms with Crippen molar-refractivity contribution in [1.82, 2.24) is 10.1 Å². The van der Waals surface area contributed by atoms with Crippen molar-refractivity contribution in [2.45, 2.75) is 25.2 Å². The summed E-state index contributed by atoms with van der Waals surface area (Å²) >= 11 is 4.91. The summed E-state index contributed by atoms with van der Waals surface area (Å²) in [5, 5.41) is 5.22. The van der Waals surface area contributed by atoms with E-state index < -0.39 is 6.17 Å². The van der Waals surface area contributed by atoms with Crippen molar-refractivity contribution in [1.29, 1.82) is 0 Å². The van der Waals surface area contributed by atoms with E-state index >= 15 is 0 Å². The Balaban J connectivity index is 2.06. The van der Waals surface area contributed by atoms with Gasteiger partial charge in [-0.25, -0.2) is 4.90 Å². The van der Waals surface area contributed by atoms with Gasteiger partial charge >= 0.3 is 11.3 Å². The summed E-state index contributed by atoms with van der Waals surface area (Å²) in [7, 11) is 0. The highest BCUT2D eigenvalue weighted by molar-refractivity contribution is 9.10. The number of rotatable bonds is 3. The van der Waals surface area contributed by atoms with E-state index in [0.29, 0.717) is 22.1 Å². The lowest BCUT2D eigenvalue weighted by Crippen LogP contribution is -2.60. The third kappa shape index (κ3) is 3.16. The van der Waals surface area contributed by atoms with Gasteiger partial charge < -0.3 is 0 Å². The number of anilines is 1. The number of fused-ring (bicyclic) bond motifs is 3. The minimum absolute atomic E-state index is 0.120. The minimum Gasteiger partial charge on any atom is -0.291 e. The molecule has 3 aromatic rings. The van der Waals surface area contributed by atoms with Crippen molar-refractivity contribution in [2.75, 3.05) is 10.7 Å². The molecule has 0 fully saturated rings. The van der Waals surface area contributed by atoms with Gasteiger partial charge in [0.15, 0.2) is 0 Å². The van der Waals surface area contributed by atoms with Crippen LogP contribution >= 0.6 is 27.7 Å². The molecule has 4 rings (SSSR count). The Labute approximate surface area is 174 Å². The standard InChI is InChI=1S/C20H17BrN4O2S/c1-3-28-20-22-18(27)17-15-6-4-5-7-16(15)24(12(2)26)19(25(17)23-20)13-8-10-14(21)11-9-13/h4-11,19H,3H2,1-2H3/p+1. The fraction of sp³-hybridized carbons (Fsp3) is 0.200. The molecule has 6 nitrogen and oxygen atoms in total. The van der Waals surface area contributed by atoms with Gasteiger partial charge in [-0.2, -0.15) is 0 Å². The number of thioether (sulfide) groups is 1. The number of aromatic nitrogens is 3. The first-order valence-corrected chi connectivity index (χ1v) is 10.6. The molecule has 2 heterocycles. The van der Waals surface area contributed by atoms with Gasteiger partial charge in [0.25, 0.3) is 6.17 Å². The third-order valence-corrected chi connectivity index (χ3v) is 5.82. The van der Waals surface area contributed by atoms with Crippen molar-refractivity contribution in [3.8, 4) is 11.3 Å². The maximum atomic E-state index is 13.0. The van der Waals surface area contributed by atoms with Crippen LogP contribution in [0.3, 0.4) is 0 Å². The van der Waals surface area contributed by atoms with Gasteiger partial charge in [-0.15, -0.1) is 0 Å². The molecule has 8 heteroatoms. The summed E-state index contributed by atoms with van der Waals surface area (Å²) in [6.45, 7) is 3.53. The van der Waals surface area contributed by atoms with E-state index in [1.807, 2.05) is 55.5 Å². The number of halogens is 1. The number of amides is 1. The molecule has 1 aliphatic heterocycles. The zero-order valence-electron chi connectivity index (χ0n) is 15.3. The molecular weight excluding hydrogens is 440 g/mol. The topological polar surface area (TPSA) is 69.9 Å². The quantitative estimate of drug-likeness (QED) is 0.482. The van der Waals surface area contributed by atoms with Gasteiger partial charge in [0.1, 0.15) is 0 Å². The number of benzene rings is 2. The second kappa shape index (κ2) is 7.52. The summed E-state index contributed by atoms with van der Waals surface area (Å²) in [4.78, 5) is 30.3. The number of para-hydroxylation sites is 1. The molecular formula is C20H18BrN4O2S+. The number of carbonyl (C=O) groups excluding carboxylic acids is 1. The summed E-state index contributed by atoms with van der Waals surface area (Å²) < 4.78 is 2.61. The number of aromatic amines is 1. The second-order valence-corrected chi connectivity index (χ2v) is 8.49. The number of nitrogens with zero attached hydrogens (tertiary/aromatic N) is 3. The molecule has 0 saturated carbocycles. The van der Waals surface area contributed by atoms with Crippen LogP contribution in [0, 0.1) is 0 Å². The SMILES string of the molecule is CCSc1n[n+]2c(c(=O)[nH]1)-c1ccccc1N(C(C)=O)C2c1ccc(Br)cc1. The van der Waals surface area contributed by atoms with Gasteiger partial charge in [-0.05, 0) is 46.8 Å². The molecule has 1 atom stereocenters. The van der Waals surface area contributed by atoms with Crippen molar-refractivity contribution in [3.05, 3.63) is 68.9 Å². The zero-order chi connectivity index (χ0) is 19.8. The molecule has 0 bridgehead atoms. The van der Waals surface area contributed by atoms with Crippen molar-refractivity contribution in [2.24, 2.45) is 0 Å². The van der Waals surface area contributed by atoms with E-state index in [-0.39, 0.29) is 11.5 Å². The first kappa shape index (κ1) is 18.9. The Hall–Kier alpha value is -2.45. The molecule has 28 heavy (non-hydrogen) atoms. The summed E-state index contributed by atoms with van der Waals surface area (Å²) in [6, 6.07) is 15.1. The van der Waals surface area contributed by atoms with Gasteiger partial charge in [0.05, 0.1) is 11.3 Å². The molecule has 1 N–H and O–H groups in total. The molecule has 142 valence electrons. The highest BCUT2D eigenvalue weighted by atomic mass is 79.9. The van der Waals surface area contributed by atoms with Crippen LogP contribution in [0.25, 0.3) is 11.3 Å². The van der Waals surface area contributed by atoms with Crippen LogP contribution in [0.5, 0.6) is 0 Å². The molecule has 0 aliphatic carbocycles. The first-order chi connectivity index (χ1) is 13.5. The van der Waals surface area contributed by atoms with Crippen molar-refractivity contribution < 1.29 is 9.48 Å². The van der Waals surface area contributed by atoms with Crippen LogP contribution in [-0.4, -0.2) is 21.7 Å². The van der Waals surface area contributed by atoms with Crippen molar-refractivity contribution >= 4 is 39.3 Å². The van der Waals surface area contributed by atoms with E-state index in [4.69, 9.17) is 5.10 Å². The number of H-pyrrole nitrogens is 1. The fourth-order valence-electron chi connectivity index (χ4n) is 3.45. The maximum absolute atomic E-state index is 13.0. The van der Waals surface area contributed by atoms with Crippen LogP contribution in [0.4, 0.5) is 5.69 Å². The number of carbonyl (C=O) groups is 1. The highest BCUT2D eigenvalue weighted by Gasteiger charge is 2.44. The first-order valence-electron chi connectivity index (χ1n) is 8.85. The molecule has 2 aromatic carbocycles. The Kier molecular flexibility index (Phi) is 5.07. The molecule has 0 radical (unpaired) electrons. The monoisotopic (exact) mass is 457 g/mol. The largest absolute Gasteiger partial charge is 0.325 e. The van der Waals surface area contributed by atoms with Gasteiger partial charge in [0, 0.05) is 22.1 Å².